The normalized spacial score (nSPS) is 17.9. The van der Waals surface area contributed by atoms with Crippen molar-refractivity contribution in [1.29, 1.82) is 0 Å². The molecule has 1 aromatic carbocycles. The monoisotopic (exact) mass is 336 g/mol. The van der Waals surface area contributed by atoms with Gasteiger partial charge in [0.25, 0.3) is 5.91 Å². The molecule has 0 bridgehead atoms. The molecule has 1 unspecified atom stereocenters. The van der Waals surface area contributed by atoms with Crippen LogP contribution in [0, 0.1) is 6.92 Å². The number of carbonyl (C=O) groups excluding carboxylic acids is 1. The maximum Gasteiger partial charge on any atom is 0.250 e. The summed E-state index contributed by atoms with van der Waals surface area (Å²) in [5.41, 5.74) is 2.01. The average molecular weight is 336 g/mol. The van der Waals surface area contributed by atoms with Gasteiger partial charge < -0.3 is 5.32 Å². The molecule has 1 amide bonds. The van der Waals surface area contributed by atoms with Crippen LogP contribution in [0.3, 0.4) is 0 Å². The summed E-state index contributed by atoms with van der Waals surface area (Å²) < 4.78 is 1.73. The summed E-state index contributed by atoms with van der Waals surface area (Å²) in [6, 6.07) is 7.60. The van der Waals surface area contributed by atoms with Gasteiger partial charge in [0, 0.05) is 25.0 Å². The van der Waals surface area contributed by atoms with Crippen molar-refractivity contribution in [2.45, 2.75) is 25.8 Å². The van der Waals surface area contributed by atoms with Gasteiger partial charge in [-0.1, -0.05) is 11.6 Å². The Kier molecular flexibility index (Phi) is 3.83. The van der Waals surface area contributed by atoms with E-state index in [0.717, 1.165) is 35.1 Å². The SMILES string of the molecule is Cc1ccc2ncnc(NC3CCCN(c4ccnn4C)C3=O)c2c1. The number of nitrogens with zero attached hydrogens (tertiary/aromatic N) is 5. The molecule has 2 aromatic heterocycles. The molecule has 1 N–H and O–H groups in total. The first kappa shape index (κ1) is 15.6. The molecule has 128 valence electrons. The van der Waals surface area contributed by atoms with Crippen molar-refractivity contribution in [3.05, 3.63) is 42.4 Å². The van der Waals surface area contributed by atoms with Gasteiger partial charge in [-0.2, -0.15) is 5.10 Å². The van der Waals surface area contributed by atoms with Crippen molar-refractivity contribution in [3.8, 4) is 0 Å². The number of benzene rings is 1. The maximum absolute atomic E-state index is 13.0. The predicted molar refractivity (Wildman–Crippen MR) is 96.5 cm³/mol. The van der Waals surface area contributed by atoms with Crippen molar-refractivity contribution in [2.75, 3.05) is 16.8 Å². The zero-order valence-corrected chi connectivity index (χ0v) is 14.3. The van der Waals surface area contributed by atoms with Crippen LogP contribution in [0.2, 0.25) is 0 Å². The number of anilines is 2. The Morgan fingerprint density at radius 2 is 2.12 bits per heavy atom. The molecule has 0 radical (unpaired) electrons. The average Bonchev–Trinajstić information content (AvgIpc) is 3.03. The lowest BCUT2D eigenvalue weighted by atomic mass is 10.0. The van der Waals surface area contributed by atoms with E-state index >= 15 is 0 Å². The summed E-state index contributed by atoms with van der Waals surface area (Å²) in [7, 11) is 1.85. The van der Waals surface area contributed by atoms with Crippen LogP contribution in [-0.2, 0) is 11.8 Å². The number of fused-ring (bicyclic) bond motifs is 1. The molecule has 0 aliphatic carbocycles. The van der Waals surface area contributed by atoms with E-state index in [1.165, 1.54) is 6.33 Å². The van der Waals surface area contributed by atoms with E-state index in [1.54, 1.807) is 15.8 Å². The van der Waals surface area contributed by atoms with Crippen molar-refractivity contribution in [1.82, 2.24) is 19.7 Å². The number of aromatic nitrogens is 4. The van der Waals surface area contributed by atoms with Crippen LogP contribution in [0.4, 0.5) is 11.6 Å². The standard InChI is InChI=1S/C18H20N6O/c1-12-5-6-14-13(10-12)17(20-11-19-14)22-15-4-3-9-24(18(15)25)16-7-8-21-23(16)2/h5-8,10-11,15H,3-4,9H2,1-2H3,(H,19,20,22). The topological polar surface area (TPSA) is 75.9 Å². The van der Waals surface area contributed by atoms with Crippen LogP contribution >= 0.6 is 0 Å². The van der Waals surface area contributed by atoms with E-state index in [2.05, 4.69) is 20.4 Å². The van der Waals surface area contributed by atoms with Crippen molar-refractivity contribution < 1.29 is 4.79 Å². The Hall–Kier alpha value is -2.96. The number of hydrogen-bond acceptors (Lipinski definition) is 5. The summed E-state index contributed by atoms with van der Waals surface area (Å²) in [6.07, 6.45) is 4.95. The molecule has 4 rings (SSSR count). The predicted octanol–water partition coefficient (Wildman–Crippen LogP) is 2.28. The van der Waals surface area contributed by atoms with Gasteiger partial charge in [-0.15, -0.1) is 0 Å². The van der Waals surface area contributed by atoms with Gasteiger partial charge in [0.05, 0.1) is 11.7 Å². The van der Waals surface area contributed by atoms with Gasteiger partial charge in [0.2, 0.25) is 0 Å². The van der Waals surface area contributed by atoms with Gasteiger partial charge in [-0.3, -0.25) is 14.4 Å². The largest absolute Gasteiger partial charge is 0.358 e. The number of carbonyl (C=O) groups is 1. The molecule has 7 heteroatoms. The Labute approximate surface area is 145 Å². The fourth-order valence-corrected chi connectivity index (χ4v) is 3.32. The minimum Gasteiger partial charge on any atom is -0.358 e. The van der Waals surface area contributed by atoms with Crippen LogP contribution in [0.1, 0.15) is 18.4 Å². The molecule has 0 spiro atoms. The third-order valence-electron chi connectivity index (χ3n) is 4.61. The molecule has 0 saturated carbocycles. The molecule has 1 aliphatic rings. The van der Waals surface area contributed by atoms with Crippen LogP contribution in [0.5, 0.6) is 0 Å². The summed E-state index contributed by atoms with van der Waals surface area (Å²) in [5, 5.41) is 8.45. The van der Waals surface area contributed by atoms with Crippen LogP contribution < -0.4 is 10.2 Å². The molecule has 7 nitrogen and oxygen atoms in total. The molecule has 25 heavy (non-hydrogen) atoms. The van der Waals surface area contributed by atoms with Gasteiger partial charge in [0.1, 0.15) is 24.0 Å². The summed E-state index contributed by atoms with van der Waals surface area (Å²) in [5.74, 6) is 1.58. The number of nitrogens with one attached hydrogen (secondary N) is 1. The van der Waals surface area contributed by atoms with Crippen LogP contribution in [0.25, 0.3) is 10.9 Å². The molecule has 1 atom stereocenters. The van der Waals surface area contributed by atoms with E-state index in [1.807, 2.05) is 38.2 Å². The number of amides is 1. The van der Waals surface area contributed by atoms with Gasteiger partial charge in [-0.05, 0) is 31.9 Å². The highest BCUT2D eigenvalue weighted by Crippen LogP contribution is 2.25. The van der Waals surface area contributed by atoms with Gasteiger partial charge in [-0.25, -0.2) is 9.97 Å². The first-order valence-electron chi connectivity index (χ1n) is 8.41. The fraction of sp³-hybridized carbons (Fsp3) is 0.333. The Morgan fingerprint density at radius 1 is 1.24 bits per heavy atom. The Balaban J connectivity index is 1.64. The number of aryl methyl sites for hydroxylation is 2. The minimum absolute atomic E-state index is 0.0502. The molecule has 3 heterocycles. The Morgan fingerprint density at radius 3 is 2.92 bits per heavy atom. The maximum atomic E-state index is 13.0. The highest BCUT2D eigenvalue weighted by Gasteiger charge is 2.31. The van der Waals surface area contributed by atoms with Crippen molar-refractivity contribution in [3.63, 3.8) is 0 Å². The van der Waals surface area contributed by atoms with Gasteiger partial charge in [0.15, 0.2) is 0 Å². The molecular formula is C18H20N6O. The third-order valence-corrected chi connectivity index (χ3v) is 4.61. The molecule has 3 aromatic rings. The summed E-state index contributed by atoms with van der Waals surface area (Å²) >= 11 is 0. The Bertz CT molecular complexity index is 934. The quantitative estimate of drug-likeness (QED) is 0.794. The number of piperidine rings is 1. The van der Waals surface area contributed by atoms with Crippen molar-refractivity contribution >= 4 is 28.4 Å². The minimum atomic E-state index is -0.303. The second kappa shape index (κ2) is 6.16. The van der Waals surface area contributed by atoms with Crippen molar-refractivity contribution in [2.24, 2.45) is 7.05 Å². The van der Waals surface area contributed by atoms with E-state index in [-0.39, 0.29) is 11.9 Å². The van der Waals surface area contributed by atoms with E-state index in [4.69, 9.17) is 0 Å². The van der Waals surface area contributed by atoms with E-state index in [9.17, 15) is 4.79 Å². The third kappa shape index (κ3) is 2.82. The number of rotatable bonds is 3. The molecular weight excluding hydrogens is 316 g/mol. The molecule has 1 fully saturated rings. The molecule has 1 saturated heterocycles. The lowest BCUT2D eigenvalue weighted by Gasteiger charge is -2.32. The smallest absolute Gasteiger partial charge is 0.250 e. The van der Waals surface area contributed by atoms with E-state index < -0.39 is 0 Å². The first-order chi connectivity index (χ1) is 12.1. The zero-order valence-electron chi connectivity index (χ0n) is 14.3. The lowest BCUT2D eigenvalue weighted by molar-refractivity contribution is -0.120. The highest BCUT2D eigenvalue weighted by molar-refractivity contribution is 6.00. The van der Waals surface area contributed by atoms with Crippen LogP contribution in [-0.4, -0.2) is 38.2 Å². The van der Waals surface area contributed by atoms with Crippen LogP contribution in [0.15, 0.2) is 36.8 Å². The summed E-state index contributed by atoms with van der Waals surface area (Å²) in [4.78, 5) is 23.4. The van der Waals surface area contributed by atoms with Gasteiger partial charge >= 0.3 is 0 Å². The summed E-state index contributed by atoms with van der Waals surface area (Å²) in [6.45, 7) is 2.74. The fourth-order valence-electron chi connectivity index (χ4n) is 3.32. The number of hydrogen-bond donors (Lipinski definition) is 1. The highest BCUT2D eigenvalue weighted by atomic mass is 16.2. The molecule has 1 aliphatic heterocycles. The second-order valence-corrected chi connectivity index (χ2v) is 6.38. The second-order valence-electron chi connectivity index (χ2n) is 6.38. The van der Waals surface area contributed by atoms with E-state index in [0.29, 0.717) is 12.4 Å². The zero-order chi connectivity index (χ0) is 17.4. The first-order valence-corrected chi connectivity index (χ1v) is 8.41. The lowest BCUT2D eigenvalue weighted by Crippen LogP contribution is -2.48.